The van der Waals surface area contributed by atoms with E-state index in [-0.39, 0.29) is 42.6 Å². The lowest BCUT2D eigenvalue weighted by atomic mass is 9.96. The van der Waals surface area contributed by atoms with Crippen molar-refractivity contribution in [2.75, 3.05) is 34.0 Å². The maximum absolute atomic E-state index is 13.4. The second-order valence-corrected chi connectivity index (χ2v) is 13.2. The SMILES string of the molecule is COc1ccc(CCO[C@@H]2O[C@H](CO[C@@H]3OC[C@H](O)[C@H](O)[C@H]3O)[C@@H](OC(=O)/C=C/c3ccc(O)c(OC)c3)[C@H](O[C@@H]3O[C@@H](C)[C@@H](O)[C@@H](O)[C@H]3O)[C@H]2O)cc1O. The van der Waals surface area contributed by atoms with Gasteiger partial charge in [0.1, 0.15) is 54.9 Å². The van der Waals surface area contributed by atoms with Crippen molar-refractivity contribution in [3.8, 4) is 23.0 Å². The van der Waals surface area contributed by atoms with Crippen molar-refractivity contribution < 1.29 is 93.4 Å². The standard InChI is InChI=1S/C36H48O19/c1-16-26(41)28(43)30(45)36(52-16)55-33-31(46)35(49-11-10-18-5-8-22(47-2)20(38)12-18)53-24(15-51-34-29(44)27(42)21(39)14-50-34)32(33)54-25(40)9-6-17-4-7-19(37)23(13-17)48-3/h4-9,12-13,16,21,24,26-39,41-46H,10-11,14-15H2,1-3H3/b9-6+/t16-,21-,24+,26+,27-,28+,29+,30+,31+,32+,33+,34-,35+,36-/m0/s1. The third kappa shape index (κ3) is 10.2. The minimum atomic E-state index is -1.84. The normalized spacial score (nSPS) is 35.4. The number of aromatic hydroxyl groups is 2. The lowest BCUT2D eigenvalue weighted by Gasteiger charge is -2.47. The van der Waals surface area contributed by atoms with E-state index in [0.29, 0.717) is 11.1 Å². The van der Waals surface area contributed by atoms with Crippen LogP contribution >= 0.6 is 0 Å². The van der Waals surface area contributed by atoms with Crippen molar-refractivity contribution in [1.82, 2.24) is 0 Å². The zero-order valence-corrected chi connectivity index (χ0v) is 30.1. The molecule has 0 radical (unpaired) electrons. The number of methoxy groups -OCH3 is 2. The Labute approximate surface area is 315 Å². The molecule has 2 aromatic rings. The number of rotatable bonds is 14. The van der Waals surface area contributed by atoms with Crippen molar-refractivity contribution in [1.29, 1.82) is 0 Å². The van der Waals surface area contributed by atoms with Gasteiger partial charge in [0.25, 0.3) is 0 Å². The van der Waals surface area contributed by atoms with Gasteiger partial charge < -0.3 is 88.6 Å². The average Bonchev–Trinajstić information content (AvgIpc) is 3.17. The minimum Gasteiger partial charge on any atom is -0.504 e. The summed E-state index contributed by atoms with van der Waals surface area (Å²) in [7, 11) is 2.75. The number of phenols is 2. The molecule has 0 aromatic heterocycles. The second-order valence-electron chi connectivity index (χ2n) is 13.2. The average molecular weight is 785 g/mol. The van der Waals surface area contributed by atoms with Gasteiger partial charge in [-0.1, -0.05) is 12.1 Å². The molecule has 3 aliphatic heterocycles. The number of esters is 1. The van der Waals surface area contributed by atoms with Crippen LogP contribution in [0.1, 0.15) is 18.1 Å². The first-order chi connectivity index (χ1) is 26.2. The van der Waals surface area contributed by atoms with Gasteiger partial charge in [0.2, 0.25) is 0 Å². The fraction of sp³-hybridized carbons (Fsp3) is 0.583. The van der Waals surface area contributed by atoms with Crippen molar-refractivity contribution >= 4 is 12.0 Å². The first-order valence-corrected chi connectivity index (χ1v) is 17.4. The topological polar surface area (TPSA) is 282 Å². The summed E-state index contributed by atoms with van der Waals surface area (Å²) >= 11 is 0. The summed E-state index contributed by atoms with van der Waals surface area (Å²) in [5.41, 5.74) is 1.06. The molecule has 0 aliphatic carbocycles. The summed E-state index contributed by atoms with van der Waals surface area (Å²) < 4.78 is 50.6. The molecular weight excluding hydrogens is 736 g/mol. The van der Waals surface area contributed by atoms with Gasteiger partial charge in [0, 0.05) is 6.08 Å². The number of aliphatic hydroxyl groups excluding tert-OH is 7. The van der Waals surface area contributed by atoms with Gasteiger partial charge in [0.05, 0.1) is 40.1 Å². The van der Waals surface area contributed by atoms with Crippen LogP contribution in [0.5, 0.6) is 23.0 Å². The molecule has 0 bridgehead atoms. The molecule has 0 amide bonds. The summed E-state index contributed by atoms with van der Waals surface area (Å²) in [6.07, 6.45) is -19.4. The number of hydrogen-bond acceptors (Lipinski definition) is 19. The molecule has 9 N–H and O–H groups in total. The van der Waals surface area contributed by atoms with E-state index in [1.165, 1.54) is 51.5 Å². The van der Waals surface area contributed by atoms with Crippen molar-refractivity contribution in [2.24, 2.45) is 0 Å². The number of phenolic OH excluding ortho intramolecular Hbond substituents is 2. The Morgan fingerprint density at radius 2 is 1.49 bits per heavy atom. The molecule has 14 atom stereocenters. The van der Waals surface area contributed by atoms with E-state index in [2.05, 4.69) is 0 Å². The van der Waals surface area contributed by atoms with Gasteiger partial charge in [-0.15, -0.1) is 0 Å². The van der Waals surface area contributed by atoms with Crippen molar-refractivity contribution in [2.45, 2.75) is 99.4 Å². The highest BCUT2D eigenvalue weighted by Crippen LogP contribution is 2.33. The lowest BCUT2D eigenvalue weighted by molar-refractivity contribution is -0.362. The van der Waals surface area contributed by atoms with Gasteiger partial charge in [-0.2, -0.15) is 0 Å². The molecule has 5 rings (SSSR count). The van der Waals surface area contributed by atoms with Gasteiger partial charge >= 0.3 is 5.97 Å². The predicted octanol–water partition coefficient (Wildman–Crippen LogP) is -1.95. The third-order valence-corrected chi connectivity index (χ3v) is 9.38. The molecular formula is C36H48O19. The molecule has 3 heterocycles. The highest BCUT2D eigenvalue weighted by Gasteiger charge is 2.53. The number of benzene rings is 2. The maximum Gasteiger partial charge on any atom is 0.331 e. The summed E-state index contributed by atoms with van der Waals surface area (Å²) in [5, 5.41) is 93.9. The van der Waals surface area contributed by atoms with Crippen molar-refractivity contribution in [3.05, 3.63) is 53.6 Å². The lowest BCUT2D eigenvalue weighted by Crippen LogP contribution is -2.65. The smallest absolute Gasteiger partial charge is 0.331 e. The summed E-state index contributed by atoms with van der Waals surface area (Å²) in [6.45, 7) is 0.361. The van der Waals surface area contributed by atoms with E-state index < -0.39 is 98.6 Å². The van der Waals surface area contributed by atoms with Crippen LogP contribution in [-0.4, -0.2) is 172 Å². The van der Waals surface area contributed by atoms with Crippen LogP contribution in [0.25, 0.3) is 6.08 Å². The van der Waals surface area contributed by atoms with E-state index in [1.54, 1.807) is 12.1 Å². The Kier molecular flexibility index (Phi) is 14.7. The summed E-state index contributed by atoms with van der Waals surface area (Å²) in [4.78, 5) is 13.4. The molecule has 0 saturated carbocycles. The molecule has 0 unspecified atom stereocenters. The molecule has 55 heavy (non-hydrogen) atoms. The Bertz CT molecular complexity index is 1590. The quantitative estimate of drug-likeness (QED) is 0.0744. The van der Waals surface area contributed by atoms with E-state index in [9.17, 15) is 50.8 Å². The molecule has 3 saturated heterocycles. The van der Waals surface area contributed by atoms with Crippen LogP contribution in [0.2, 0.25) is 0 Å². The van der Waals surface area contributed by atoms with Crippen molar-refractivity contribution in [3.63, 3.8) is 0 Å². The minimum absolute atomic E-state index is 0.101. The summed E-state index contributed by atoms with van der Waals surface area (Å²) in [6, 6.07) is 9.00. The molecule has 2 aromatic carbocycles. The molecule has 306 valence electrons. The van der Waals surface area contributed by atoms with Crippen LogP contribution < -0.4 is 9.47 Å². The highest BCUT2D eigenvalue weighted by molar-refractivity contribution is 5.87. The van der Waals surface area contributed by atoms with Gasteiger partial charge in [-0.3, -0.25) is 0 Å². The Morgan fingerprint density at radius 1 is 0.764 bits per heavy atom. The zero-order chi connectivity index (χ0) is 40.0. The predicted molar refractivity (Wildman–Crippen MR) is 183 cm³/mol. The number of aliphatic hydroxyl groups is 7. The first kappa shape index (κ1) is 42.5. The second kappa shape index (κ2) is 19.0. The van der Waals surface area contributed by atoms with E-state index in [0.717, 1.165) is 6.08 Å². The first-order valence-electron chi connectivity index (χ1n) is 17.4. The Hall–Kier alpha value is -3.67. The molecule has 19 heteroatoms. The fourth-order valence-corrected chi connectivity index (χ4v) is 6.18. The molecule has 19 nitrogen and oxygen atoms in total. The van der Waals surface area contributed by atoms with E-state index >= 15 is 0 Å². The third-order valence-electron chi connectivity index (χ3n) is 9.38. The number of ether oxygens (including phenoxy) is 9. The maximum atomic E-state index is 13.4. The molecule has 3 fully saturated rings. The Balaban J connectivity index is 1.42. The van der Waals surface area contributed by atoms with E-state index in [1.807, 2.05) is 0 Å². The van der Waals surface area contributed by atoms with Crippen LogP contribution in [0.3, 0.4) is 0 Å². The van der Waals surface area contributed by atoms with Crippen LogP contribution in [0.4, 0.5) is 0 Å². The van der Waals surface area contributed by atoms with Gasteiger partial charge in [-0.05, 0) is 54.8 Å². The summed E-state index contributed by atoms with van der Waals surface area (Å²) in [5.74, 6) is -0.848. The fourth-order valence-electron chi connectivity index (χ4n) is 6.18. The van der Waals surface area contributed by atoms with E-state index in [4.69, 9.17) is 42.6 Å². The van der Waals surface area contributed by atoms with Gasteiger partial charge in [0.15, 0.2) is 48.0 Å². The monoisotopic (exact) mass is 784 g/mol. The van der Waals surface area contributed by atoms with Crippen LogP contribution in [0.15, 0.2) is 42.5 Å². The molecule has 3 aliphatic rings. The molecule has 0 spiro atoms. The number of carbonyl (C=O) groups excluding carboxylic acids is 1. The number of carbonyl (C=O) groups is 1. The van der Waals surface area contributed by atoms with Crippen LogP contribution in [-0.2, 0) is 44.4 Å². The number of hydrogen-bond donors (Lipinski definition) is 9. The Morgan fingerprint density at radius 3 is 2.20 bits per heavy atom. The largest absolute Gasteiger partial charge is 0.504 e. The highest BCUT2D eigenvalue weighted by atomic mass is 16.8. The zero-order valence-electron chi connectivity index (χ0n) is 30.1. The van der Waals surface area contributed by atoms with Gasteiger partial charge in [-0.25, -0.2) is 4.79 Å². The van der Waals surface area contributed by atoms with Crippen LogP contribution in [0, 0.1) is 0 Å².